The fourth-order valence-electron chi connectivity index (χ4n) is 10.3. The first-order valence-electron chi connectivity index (χ1n) is 17.8. The molecule has 2 nitrogen and oxygen atoms in total. The molecule has 0 spiro atoms. The summed E-state index contributed by atoms with van der Waals surface area (Å²) in [6, 6.07) is 0. The number of Topliss-reactive ketones (excluding diaryl/α,β-unsaturated/α-hetero) is 2. The van der Waals surface area contributed by atoms with Gasteiger partial charge in [0.2, 0.25) is 0 Å². The number of carbonyl (C=O) groups is 2. The second kappa shape index (κ2) is 14.9. The van der Waals surface area contributed by atoms with E-state index in [1.165, 1.54) is 109 Å². The number of halogens is 1. The van der Waals surface area contributed by atoms with E-state index in [0.717, 1.165) is 38.5 Å². The predicted molar refractivity (Wildman–Crippen MR) is 158 cm³/mol. The Labute approximate surface area is 239 Å². The van der Waals surface area contributed by atoms with E-state index in [1.54, 1.807) is 0 Å². The van der Waals surface area contributed by atoms with Crippen molar-refractivity contribution in [1.29, 1.82) is 0 Å². The van der Waals surface area contributed by atoms with Crippen LogP contribution in [-0.4, -0.2) is 17.7 Å². The van der Waals surface area contributed by atoms with Gasteiger partial charge in [0.25, 0.3) is 0 Å². The average molecular weight is 543 g/mol. The van der Waals surface area contributed by atoms with Gasteiger partial charge >= 0.3 is 0 Å². The minimum atomic E-state index is -0.917. The Morgan fingerprint density at radius 2 is 0.897 bits per heavy atom. The molecular formula is C36H59FO2. The normalized spacial score (nSPS) is 42.3. The Hall–Kier alpha value is -0.730. The van der Waals surface area contributed by atoms with Crippen molar-refractivity contribution in [2.75, 3.05) is 0 Å². The lowest BCUT2D eigenvalue weighted by molar-refractivity contribution is -0.136. The zero-order valence-electron chi connectivity index (χ0n) is 25.1. The van der Waals surface area contributed by atoms with Crippen LogP contribution in [0.25, 0.3) is 0 Å². The van der Waals surface area contributed by atoms with E-state index in [1.807, 2.05) is 0 Å². The number of hydrogen-bond donors (Lipinski definition) is 0. The van der Waals surface area contributed by atoms with Crippen molar-refractivity contribution < 1.29 is 14.0 Å². The summed E-state index contributed by atoms with van der Waals surface area (Å²) < 4.78 is 16.1. The molecule has 3 heteroatoms. The zero-order valence-corrected chi connectivity index (χ0v) is 25.1. The van der Waals surface area contributed by atoms with Gasteiger partial charge in [0.05, 0.1) is 0 Å². The van der Waals surface area contributed by atoms with Crippen molar-refractivity contribution in [2.45, 2.75) is 167 Å². The number of ketones is 2. The van der Waals surface area contributed by atoms with Crippen LogP contribution in [0.2, 0.25) is 0 Å². The number of carbonyl (C=O) groups excluding carboxylic acids is 2. The lowest BCUT2D eigenvalue weighted by atomic mass is 9.61. The van der Waals surface area contributed by atoms with Crippen molar-refractivity contribution >= 4 is 11.6 Å². The third-order valence-corrected chi connectivity index (χ3v) is 12.3. The van der Waals surface area contributed by atoms with E-state index in [9.17, 15) is 9.59 Å². The van der Waals surface area contributed by atoms with Gasteiger partial charge in [0.1, 0.15) is 17.7 Å². The van der Waals surface area contributed by atoms with Crippen molar-refractivity contribution in [1.82, 2.24) is 0 Å². The summed E-state index contributed by atoms with van der Waals surface area (Å²) in [5.41, 5.74) is 0. The van der Waals surface area contributed by atoms with Gasteiger partial charge in [0.15, 0.2) is 0 Å². The lowest BCUT2D eigenvalue weighted by Gasteiger charge is -2.43. The second-order valence-corrected chi connectivity index (χ2v) is 14.8. The van der Waals surface area contributed by atoms with Crippen LogP contribution in [0.5, 0.6) is 0 Å². The SMILES string of the molecule is O=C1C2CCCCCCCCCC(C2)C2CC(F)CC3C(=O)C4CCCCCCCCCCC4C3CCCC12. The van der Waals surface area contributed by atoms with E-state index >= 15 is 4.39 Å². The molecular weight excluding hydrogens is 483 g/mol. The van der Waals surface area contributed by atoms with Crippen LogP contribution in [0.4, 0.5) is 4.39 Å². The molecule has 0 aromatic heterocycles. The number of rotatable bonds is 0. The molecule has 9 unspecified atom stereocenters. The van der Waals surface area contributed by atoms with Gasteiger partial charge in [-0.25, -0.2) is 4.39 Å². The van der Waals surface area contributed by atoms with Crippen molar-refractivity contribution in [3.63, 3.8) is 0 Å². The summed E-state index contributed by atoms with van der Waals surface area (Å²) in [5.74, 6) is 2.94. The Bertz CT molecular complexity index is 778. The zero-order chi connectivity index (χ0) is 27.0. The molecule has 222 valence electrons. The molecule has 5 aliphatic carbocycles. The molecule has 5 rings (SSSR count). The third kappa shape index (κ3) is 7.57. The summed E-state index contributed by atoms with van der Waals surface area (Å²) in [6.45, 7) is 0. The molecule has 2 bridgehead atoms. The van der Waals surface area contributed by atoms with Crippen LogP contribution in [0.15, 0.2) is 0 Å². The fourth-order valence-corrected chi connectivity index (χ4v) is 10.3. The molecule has 9 atom stereocenters. The summed E-state index contributed by atoms with van der Waals surface area (Å²) in [7, 11) is 0. The van der Waals surface area contributed by atoms with Gasteiger partial charge in [0, 0.05) is 23.7 Å². The molecule has 0 radical (unpaired) electrons. The molecule has 5 aliphatic rings. The van der Waals surface area contributed by atoms with E-state index in [0.29, 0.717) is 42.2 Å². The third-order valence-electron chi connectivity index (χ3n) is 12.3. The molecule has 0 amide bonds. The highest BCUT2D eigenvalue weighted by molar-refractivity contribution is 5.86. The van der Waals surface area contributed by atoms with E-state index in [-0.39, 0.29) is 29.6 Å². The summed E-state index contributed by atoms with van der Waals surface area (Å²) in [6.07, 6.45) is 28.0. The lowest BCUT2D eigenvalue weighted by Crippen LogP contribution is -2.42. The van der Waals surface area contributed by atoms with Crippen molar-refractivity contribution in [3.05, 3.63) is 0 Å². The second-order valence-electron chi connectivity index (χ2n) is 14.8. The fraction of sp³-hybridized carbons (Fsp3) is 0.944. The maximum absolute atomic E-state index is 16.1. The van der Waals surface area contributed by atoms with Crippen LogP contribution < -0.4 is 0 Å². The smallest absolute Gasteiger partial charge is 0.139 e. The topological polar surface area (TPSA) is 34.1 Å². The minimum Gasteiger partial charge on any atom is -0.299 e. The van der Waals surface area contributed by atoms with E-state index < -0.39 is 6.17 Å². The van der Waals surface area contributed by atoms with E-state index in [4.69, 9.17) is 0 Å². The molecule has 5 fully saturated rings. The van der Waals surface area contributed by atoms with E-state index in [2.05, 4.69) is 0 Å². The van der Waals surface area contributed by atoms with Gasteiger partial charge in [-0.15, -0.1) is 0 Å². The molecule has 39 heavy (non-hydrogen) atoms. The number of fused-ring (bicyclic) bond motifs is 7. The van der Waals surface area contributed by atoms with Crippen molar-refractivity contribution in [3.8, 4) is 0 Å². The molecule has 0 N–H and O–H groups in total. The Balaban J connectivity index is 1.33. The van der Waals surface area contributed by atoms with Gasteiger partial charge < -0.3 is 0 Å². The largest absolute Gasteiger partial charge is 0.299 e. The Morgan fingerprint density at radius 1 is 0.410 bits per heavy atom. The van der Waals surface area contributed by atoms with Crippen LogP contribution in [0.1, 0.15) is 161 Å². The summed E-state index contributed by atoms with van der Waals surface area (Å²) >= 11 is 0. The Morgan fingerprint density at radius 3 is 1.59 bits per heavy atom. The van der Waals surface area contributed by atoms with Crippen LogP contribution in [0.3, 0.4) is 0 Å². The molecule has 0 aromatic carbocycles. The molecule has 0 aliphatic heterocycles. The first-order chi connectivity index (χ1) is 19.1. The number of alkyl halides is 1. The molecule has 0 saturated heterocycles. The van der Waals surface area contributed by atoms with Crippen LogP contribution >= 0.6 is 0 Å². The monoisotopic (exact) mass is 542 g/mol. The van der Waals surface area contributed by atoms with Crippen molar-refractivity contribution in [2.24, 2.45) is 47.3 Å². The maximum Gasteiger partial charge on any atom is 0.139 e. The van der Waals surface area contributed by atoms with Crippen LogP contribution in [-0.2, 0) is 9.59 Å². The first kappa shape index (κ1) is 29.8. The van der Waals surface area contributed by atoms with Gasteiger partial charge in [-0.3, -0.25) is 9.59 Å². The molecule has 5 saturated carbocycles. The summed E-state index contributed by atoms with van der Waals surface area (Å²) in [5, 5.41) is 0. The minimum absolute atomic E-state index is 0.0555. The average Bonchev–Trinajstić information content (AvgIpc) is 3.14. The Kier molecular flexibility index (Phi) is 11.4. The first-order valence-corrected chi connectivity index (χ1v) is 17.8. The maximum atomic E-state index is 16.1. The van der Waals surface area contributed by atoms with Gasteiger partial charge in [-0.05, 0) is 75.0 Å². The number of hydrogen-bond acceptors (Lipinski definition) is 2. The quantitative estimate of drug-likeness (QED) is 0.305. The molecule has 0 aromatic rings. The highest BCUT2D eigenvalue weighted by Crippen LogP contribution is 2.52. The van der Waals surface area contributed by atoms with Crippen LogP contribution in [0, 0.1) is 47.3 Å². The van der Waals surface area contributed by atoms with Gasteiger partial charge in [-0.2, -0.15) is 0 Å². The standard InChI is InChI=1S/C36H59FO2/c37-28-24-33-26-17-12-8-4-3-5-9-13-18-27(23-26)35(38)32(33)22-16-21-30-29-19-14-10-6-1-2-7-11-15-20-31(29)36(39)34(30)25-28/h26-34H,1-25H2. The highest BCUT2D eigenvalue weighted by atomic mass is 19.1. The predicted octanol–water partition coefficient (Wildman–Crippen LogP) is 10.2. The molecule has 0 heterocycles. The van der Waals surface area contributed by atoms with Gasteiger partial charge in [-0.1, -0.05) is 109 Å². The summed E-state index contributed by atoms with van der Waals surface area (Å²) in [4.78, 5) is 27.8. The highest BCUT2D eigenvalue weighted by Gasteiger charge is 2.51.